The summed E-state index contributed by atoms with van der Waals surface area (Å²) < 4.78 is 0. The molecule has 1 unspecified atom stereocenters. The molecule has 0 N–H and O–H groups in total. The second kappa shape index (κ2) is 7.11. The first kappa shape index (κ1) is 15.3. The lowest BCUT2D eigenvalue weighted by Gasteiger charge is -2.04. The molecule has 114 valence electrons. The molecule has 0 spiro atoms. The molecule has 0 heterocycles. The SMILES string of the molecule is C=C1C(=O)CCC1C#CCCc1cccc(-c2ccccc2)c1. The summed E-state index contributed by atoms with van der Waals surface area (Å²) in [5.74, 6) is 6.69. The minimum absolute atomic E-state index is 0.0816. The van der Waals surface area contributed by atoms with Gasteiger partial charge in [-0.25, -0.2) is 0 Å². The highest BCUT2D eigenvalue weighted by Crippen LogP contribution is 2.25. The normalized spacial score (nSPS) is 17.0. The highest BCUT2D eigenvalue weighted by Gasteiger charge is 2.24. The van der Waals surface area contributed by atoms with Crippen molar-refractivity contribution in [3.05, 3.63) is 72.3 Å². The van der Waals surface area contributed by atoms with Crippen molar-refractivity contribution in [3.8, 4) is 23.0 Å². The highest BCUT2D eigenvalue weighted by atomic mass is 16.1. The van der Waals surface area contributed by atoms with E-state index in [4.69, 9.17) is 0 Å². The molecule has 1 nitrogen and oxygen atoms in total. The minimum atomic E-state index is 0.0816. The Balaban J connectivity index is 1.62. The van der Waals surface area contributed by atoms with Gasteiger partial charge in [0.05, 0.1) is 0 Å². The van der Waals surface area contributed by atoms with Gasteiger partial charge in [-0.15, -0.1) is 5.92 Å². The Hall–Kier alpha value is -2.59. The summed E-state index contributed by atoms with van der Waals surface area (Å²) in [6.07, 6.45) is 3.20. The van der Waals surface area contributed by atoms with Crippen molar-refractivity contribution in [2.24, 2.45) is 5.92 Å². The van der Waals surface area contributed by atoms with Gasteiger partial charge in [0, 0.05) is 24.3 Å². The van der Waals surface area contributed by atoms with Crippen molar-refractivity contribution in [2.75, 3.05) is 0 Å². The summed E-state index contributed by atoms with van der Waals surface area (Å²) in [6, 6.07) is 19.0. The third kappa shape index (κ3) is 3.79. The Labute approximate surface area is 138 Å². The fourth-order valence-corrected chi connectivity index (χ4v) is 2.90. The second-order valence-electron chi connectivity index (χ2n) is 5.93. The topological polar surface area (TPSA) is 17.1 Å². The van der Waals surface area contributed by atoms with Gasteiger partial charge in [0.2, 0.25) is 0 Å². The third-order valence-corrected chi connectivity index (χ3v) is 4.29. The van der Waals surface area contributed by atoms with E-state index >= 15 is 0 Å². The van der Waals surface area contributed by atoms with Crippen molar-refractivity contribution in [2.45, 2.75) is 25.7 Å². The predicted octanol–water partition coefficient (Wildman–Crippen LogP) is 4.82. The molecule has 0 aromatic heterocycles. The van der Waals surface area contributed by atoms with Crippen LogP contribution in [0.15, 0.2) is 66.7 Å². The van der Waals surface area contributed by atoms with E-state index < -0.39 is 0 Å². The van der Waals surface area contributed by atoms with Crippen LogP contribution in [0.2, 0.25) is 0 Å². The Morgan fingerprint density at radius 1 is 1.04 bits per heavy atom. The largest absolute Gasteiger partial charge is 0.295 e. The fraction of sp³-hybridized carbons (Fsp3) is 0.227. The summed E-state index contributed by atoms with van der Waals surface area (Å²) in [6.45, 7) is 3.85. The summed E-state index contributed by atoms with van der Waals surface area (Å²) in [5, 5.41) is 0. The molecule has 1 heteroatoms. The maximum Gasteiger partial charge on any atom is 0.159 e. The van der Waals surface area contributed by atoms with Gasteiger partial charge in [0.25, 0.3) is 0 Å². The molecule has 0 amide bonds. The molecule has 0 radical (unpaired) electrons. The molecule has 2 aromatic rings. The van der Waals surface area contributed by atoms with Crippen LogP contribution in [0, 0.1) is 17.8 Å². The van der Waals surface area contributed by atoms with Gasteiger partial charge in [-0.05, 0) is 29.5 Å². The number of carbonyl (C=O) groups excluding carboxylic acids is 1. The Kier molecular flexibility index (Phi) is 4.74. The Morgan fingerprint density at radius 3 is 2.57 bits per heavy atom. The van der Waals surface area contributed by atoms with Crippen molar-refractivity contribution in [3.63, 3.8) is 0 Å². The van der Waals surface area contributed by atoms with Gasteiger partial charge in [-0.3, -0.25) is 4.79 Å². The van der Waals surface area contributed by atoms with Gasteiger partial charge in [-0.1, -0.05) is 67.1 Å². The van der Waals surface area contributed by atoms with E-state index in [1.54, 1.807) is 0 Å². The molecule has 0 aliphatic heterocycles. The van der Waals surface area contributed by atoms with Crippen molar-refractivity contribution in [1.29, 1.82) is 0 Å². The number of benzene rings is 2. The number of ketones is 1. The first-order chi connectivity index (χ1) is 11.2. The molecule has 1 fully saturated rings. The van der Waals surface area contributed by atoms with E-state index in [2.05, 4.69) is 67.0 Å². The van der Waals surface area contributed by atoms with Crippen molar-refractivity contribution < 1.29 is 4.79 Å². The smallest absolute Gasteiger partial charge is 0.159 e. The highest BCUT2D eigenvalue weighted by molar-refractivity contribution is 5.98. The average molecular weight is 300 g/mol. The first-order valence-electron chi connectivity index (χ1n) is 8.09. The number of Topliss-reactive ketones (excluding diaryl/α,β-unsaturated/α-hetero) is 1. The molecule has 0 saturated heterocycles. The lowest BCUT2D eigenvalue weighted by atomic mass is 10.0. The number of hydrogen-bond acceptors (Lipinski definition) is 1. The van der Waals surface area contributed by atoms with Crippen LogP contribution in [0.25, 0.3) is 11.1 Å². The number of allylic oxidation sites excluding steroid dienone is 1. The zero-order chi connectivity index (χ0) is 16.1. The van der Waals surface area contributed by atoms with E-state index in [1.165, 1.54) is 16.7 Å². The van der Waals surface area contributed by atoms with Gasteiger partial charge in [-0.2, -0.15) is 0 Å². The summed E-state index contributed by atoms with van der Waals surface area (Å²) in [7, 11) is 0. The monoisotopic (exact) mass is 300 g/mol. The van der Waals surface area contributed by atoms with Crippen LogP contribution in [0.4, 0.5) is 0 Å². The van der Waals surface area contributed by atoms with Gasteiger partial charge in [0.1, 0.15) is 0 Å². The van der Waals surface area contributed by atoms with Crippen molar-refractivity contribution >= 4 is 5.78 Å². The molecule has 3 rings (SSSR count). The summed E-state index contributed by atoms with van der Waals surface area (Å²) in [5.41, 5.74) is 4.47. The molecular weight excluding hydrogens is 280 g/mol. The molecule has 1 saturated carbocycles. The number of carbonyl (C=O) groups is 1. The molecule has 23 heavy (non-hydrogen) atoms. The predicted molar refractivity (Wildman–Crippen MR) is 94.8 cm³/mol. The standard InChI is InChI=1S/C22H20O/c1-17-19(14-15-22(17)23)10-6-5-8-18-9-7-13-21(16-18)20-11-3-2-4-12-20/h2-4,7,9,11-13,16,19H,1,5,8,14-15H2. The summed E-state index contributed by atoms with van der Waals surface area (Å²) in [4.78, 5) is 11.4. The molecule has 1 aliphatic rings. The van der Waals surface area contributed by atoms with Crippen LogP contribution < -0.4 is 0 Å². The van der Waals surface area contributed by atoms with Crippen LogP contribution in [-0.4, -0.2) is 5.78 Å². The quantitative estimate of drug-likeness (QED) is 0.586. The fourth-order valence-electron chi connectivity index (χ4n) is 2.90. The van der Waals surface area contributed by atoms with E-state index in [0.29, 0.717) is 12.0 Å². The lowest BCUT2D eigenvalue weighted by Crippen LogP contribution is -1.96. The molecular formula is C22H20O. The van der Waals surface area contributed by atoms with Crippen LogP contribution in [0.5, 0.6) is 0 Å². The van der Waals surface area contributed by atoms with Crippen molar-refractivity contribution in [1.82, 2.24) is 0 Å². The van der Waals surface area contributed by atoms with E-state index in [0.717, 1.165) is 19.3 Å². The number of rotatable bonds is 3. The van der Waals surface area contributed by atoms with Crippen LogP contribution in [-0.2, 0) is 11.2 Å². The Bertz CT molecular complexity index is 774. The second-order valence-corrected chi connectivity index (χ2v) is 5.93. The zero-order valence-electron chi connectivity index (χ0n) is 13.2. The molecule has 1 aliphatic carbocycles. The average Bonchev–Trinajstić information content (AvgIpc) is 2.92. The summed E-state index contributed by atoms with van der Waals surface area (Å²) >= 11 is 0. The van der Waals surface area contributed by atoms with Gasteiger partial charge < -0.3 is 0 Å². The van der Waals surface area contributed by atoms with E-state index in [9.17, 15) is 4.79 Å². The first-order valence-corrected chi connectivity index (χ1v) is 8.09. The maximum absolute atomic E-state index is 11.4. The van der Waals surface area contributed by atoms with Gasteiger partial charge >= 0.3 is 0 Å². The van der Waals surface area contributed by atoms with E-state index in [1.807, 2.05) is 6.07 Å². The van der Waals surface area contributed by atoms with Crippen LogP contribution >= 0.6 is 0 Å². The number of hydrogen-bond donors (Lipinski definition) is 0. The number of aryl methyl sites for hydroxylation is 1. The molecule has 1 atom stereocenters. The van der Waals surface area contributed by atoms with Gasteiger partial charge in [0.15, 0.2) is 5.78 Å². The lowest BCUT2D eigenvalue weighted by molar-refractivity contribution is -0.114. The van der Waals surface area contributed by atoms with E-state index in [-0.39, 0.29) is 11.7 Å². The van der Waals surface area contributed by atoms with Crippen LogP contribution in [0.3, 0.4) is 0 Å². The third-order valence-electron chi connectivity index (χ3n) is 4.29. The van der Waals surface area contributed by atoms with Crippen LogP contribution in [0.1, 0.15) is 24.8 Å². The Morgan fingerprint density at radius 2 is 1.83 bits per heavy atom. The minimum Gasteiger partial charge on any atom is -0.295 e. The molecule has 2 aromatic carbocycles. The zero-order valence-corrected chi connectivity index (χ0v) is 13.2. The maximum atomic E-state index is 11.4. The molecule has 0 bridgehead atoms.